The number of benzene rings is 4. The normalized spacial score (nSPS) is 13.1. The molecule has 0 aliphatic rings. The van der Waals surface area contributed by atoms with Crippen LogP contribution in [0.1, 0.15) is 62.4 Å². The van der Waals surface area contributed by atoms with Gasteiger partial charge in [-0.1, -0.05) is 69.3 Å². The topological polar surface area (TPSA) is 36.3 Å². The predicted octanol–water partition coefficient (Wildman–Crippen LogP) is 8.33. The Morgan fingerprint density at radius 3 is 2.30 bits per heavy atom. The Balaban J connectivity index is 1.33. The van der Waals surface area contributed by atoms with E-state index in [1.807, 2.05) is 6.07 Å². The predicted molar refractivity (Wildman–Crippen MR) is 153 cm³/mol. The second kappa shape index (κ2) is 11.1. The molecule has 4 heteroatoms. The van der Waals surface area contributed by atoms with Crippen molar-refractivity contribution in [2.45, 2.75) is 52.0 Å². The molecule has 5 rings (SSSR count). The molecule has 37 heavy (non-hydrogen) atoms. The molecule has 4 aromatic carbocycles. The average molecular weight is 493 g/mol. The van der Waals surface area contributed by atoms with Gasteiger partial charge in [0.2, 0.25) is 0 Å². The number of nitrogens with zero attached hydrogens (tertiary/aromatic N) is 2. The zero-order valence-corrected chi connectivity index (χ0v) is 22.3. The lowest BCUT2D eigenvalue weighted by molar-refractivity contribution is 0.301. The highest BCUT2D eigenvalue weighted by molar-refractivity contribution is 5.85. The van der Waals surface area contributed by atoms with Gasteiger partial charge in [0.15, 0.2) is 0 Å². The maximum Gasteiger partial charge on any atom is 0.119 e. The summed E-state index contributed by atoms with van der Waals surface area (Å²) in [6.45, 7) is 8.26. The number of hydrogen-bond donors (Lipinski definition) is 0. The van der Waals surface area contributed by atoms with Crippen molar-refractivity contribution in [2.75, 3.05) is 13.7 Å². The van der Waals surface area contributed by atoms with Crippen LogP contribution in [-0.2, 0) is 6.54 Å². The van der Waals surface area contributed by atoms with E-state index in [0.29, 0.717) is 12.5 Å². The van der Waals surface area contributed by atoms with E-state index in [0.717, 1.165) is 42.2 Å². The van der Waals surface area contributed by atoms with Gasteiger partial charge in [-0.25, -0.2) is 4.98 Å². The summed E-state index contributed by atoms with van der Waals surface area (Å²) in [4.78, 5) is 5.07. The number of aromatic nitrogens is 2. The smallest absolute Gasteiger partial charge is 0.119 e. The summed E-state index contributed by atoms with van der Waals surface area (Å²) in [5.41, 5.74) is 4.84. The average Bonchev–Trinajstić information content (AvgIpc) is 3.32. The van der Waals surface area contributed by atoms with Gasteiger partial charge < -0.3 is 14.0 Å². The molecule has 0 aliphatic heterocycles. The maximum absolute atomic E-state index is 6.09. The molecule has 0 aliphatic carbocycles. The summed E-state index contributed by atoms with van der Waals surface area (Å²) in [7, 11) is 1.71. The van der Waals surface area contributed by atoms with E-state index >= 15 is 0 Å². The van der Waals surface area contributed by atoms with E-state index in [4.69, 9.17) is 14.5 Å². The number of fused-ring (bicyclic) bond motifs is 2. The third kappa shape index (κ3) is 5.34. The van der Waals surface area contributed by atoms with Crippen molar-refractivity contribution < 1.29 is 9.47 Å². The van der Waals surface area contributed by atoms with Crippen molar-refractivity contribution in [3.05, 3.63) is 102 Å². The van der Waals surface area contributed by atoms with E-state index in [1.165, 1.54) is 27.4 Å². The molecular weight excluding hydrogens is 456 g/mol. The quantitative estimate of drug-likeness (QED) is 0.184. The maximum atomic E-state index is 6.09. The zero-order chi connectivity index (χ0) is 25.8. The number of ether oxygens (including phenoxy) is 2. The molecule has 0 N–H and O–H groups in total. The lowest BCUT2D eigenvalue weighted by atomic mass is 9.97. The molecule has 1 heterocycles. The van der Waals surface area contributed by atoms with E-state index in [1.54, 1.807) is 7.11 Å². The van der Waals surface area contributed by atoms with Crippen molar-refractivity contribution >= 4 is 21.8 Å². The first-order valence-electron chi connectivity index (χ1n) is 13.3. The lowest BCUT2D eigenvalue weighted by Crippen LogP contribution is -2.11. The first-order chi connectivity index (χ1) is 18.1. The van der Waals surface area contributed by atoms with Gasteiger partial charge in [0.05, 0.1) is 24.8 Å². The second-order valence-electron chi connectivity index (χ2n) is 9.88. The van der Waals surface area contributed by atoms with E-state index in [9.17, 15) is 0 Å². The van der Waals surface area contributed by atoms with Crippen molar-refractivity contribution in [3.8, 4) is 11.5 Å². The van der Waals surface area contributed by atoms with Gasteiger partial charge in [-0.2, -0.15) is 0 Å². The first-order valence-corrected chi connectivity index (χ1v) is 13.3. The Hall–Kier alpha value is -3.79. The number of imidazole rings is 1. The van der Waals surface area contributed by atoms with Gasteiger partial charge in [0, 0.05) is 12.5 Å². The van der Waals surface area contributed by atoms with Crippen LogP contribution in [0, 0.1) is 0 Å². The van der Waals surface area contributed by atoms with Gasteiger partial charge >= 0.3 is 0 Å². The van der Waals surface area contributed by atoms with Crippen LogP contribution in [0.25, 0.3) is 21.8 Å². The van der Waals surface area contributed by atoms with Crippen LogP contribution in [0.15, 0.2) is 84.9 Å². The SMILES string of the molecule is CCC(C)c1ccc(OCCCn2c(C(C)c3ccc4cc(OC)ccc4c3)nc3ccccc32)cc1. The summed E-state index contributed by atoms with van der Waals surface area (Å²) in [5, 5.41) is 2.39. The molecule has 2 unspecified atom stereocenters. The van der Waals surface area contributed by atoms with Gasteiger partial charge in [-0.15, -0.1) is 0 Å². The highest BCUT2D eigenvalue weighted by atomic mass is 16.5. The minimum absolute atomic E-state index is 0.160. The molecule has 0 saturated heterocycles. The molecule has 0 radical (unpaired) electrons. The molecule has 0 spiro atoms. The molecular formula is C33H36N2O2. The van der Waals surface area contributed by atoms with Crippen LogP contribution >= 0.6 is 0 Å². The molecule has 0 amide bonds. The van der Waals surface area contributed by atoms with Crippen molar-refractivity contribution in [2.24, 2.45) is 0 Å². The number of rotatable bonds is 10. The highest BCUT2D eigenvalue weighted by Gasteiger charge is 2.18. The third-order valence-corrected chi connectivity index (χ3v) is 7.50. The number of aryl methyl sites for hydroxylation is 1. The molecule has 0 saturated carbocycles. The Morgan fingerprint density at radius 2 is 1.51 bits per heavy atom. The summed E-state index contributed by atoms with van der Waals surface area (Å²) in [5.74, 6) is 3.64. The fourth-order valence-electron chi connectivity index (χ4n) is 4.99. The molecule has 0 bridgehead atoms. The molecule has 2 atom stereocenters. The van der Waals surface area contributed by atoms with Crippen molar-refractivity contribution in [1.29, 1.82) is 0 Å². The lowest BCUT2D eigenvalue weighted by Gasteiger charge is -2.16. The minimum atomic E-state index is 0.160. The van der Waals surface area contributed by atoms with Crippen LogP contribution in [0.5, 0.6) is 11.5 Å². The number of hydrogen-bond acceptors (Lipinski definition) is 3. The molecule has 5 aromatic rings. The fraction of sp³-hybridized carbons (Fsp3) is 0.303. The number of methoxy groups -OCH3 is 1. The van der Waals surface area contributed by atoms with Gasteiger partial charge in [-0.05, 0) is 77.1 Å². The van der Waals surface area contributed by atoms with E-state index < -0.39 is 0 Å². The fourth-order valence-corrected chi connectivity index (χ4v) is 4.99. The summed E-state index contributed by atoms with van der Waals surface area (Å²) in [6, 6.07) is 29.9. The number of para-hydroxylation sites is 2. The Labute approximate surface area is 219 Å². The summed E-state index contributed by atoms with van der Waals surface area (Å²) in [6.07, 6.45) is 2.05. The molecule has 0 fully saturated rings. The summed E-state index contributed by atoms with van der Waals surface area (Å²) < 4.78 is 13.9. The standard InChI is InChI=1S/C33H36N2O2/c1-5-23(2)25-13-16-29(17-14-25)37-20-8-19-35-32-10-7-6-9-31(32)34-33(35)24(3)26-11-12-28-22-30(36-4)18-15-27(28)21-26/h6-7,9-18,21-24H,5,8,19-20H2,1-4H3. The van der Waals surface area contributed by atoms with Gasteiger partial charge in [0.1, 0.15) is 17.3 Å². The molecule has 1 aromatic heterocycles. The van der Waals surface area contributed by atoms with Crippen LogP contribution in [-0.4, -0.2) is 23.3 Å². The van der Waals surface area contributed by atoms with Crippen LogP contribution in [0.4, 0.5) is 0 Å². The van der Waals surface area contributed by atoms with Gasteiger partial charge in [0.25, 0.3) is 0 Å². The van der Waals surface area contributed by atoms with E-state index in [2.05, 4.69) is 104 Å². The van der Waals surface area contributed by atoms with Crippen molar-refractivity contribution in [3.63, 3.8) is 0 Å². The van der Waals surface area contributed by atoms with Crippen molar-refractivity contribution in [1.82, 2.24) is 9.55 Å². The van der Waals surface area contributed by atoms with Crippen LogP contribution in [0.3, 0.4) is 0 Å². The van der Waals surface area contributed by atoms with Crippen LogP contribution < -0.4 is 9.47 Å². The van der Waals surface area contributed by atoms with E-state index in [-0.39, 0.29) is 5.92 Å². The molecule has 4 nitrogen and oxygen atoms in total. The van der Waals surface area contributed by atoms with Gasteiger partial charge in [-0.3, -0.25) is 0 Å². The summed E-state index contributed by atoms with van der Waals surface area (Å²) >= 11 is 0. The Morgan fingerprint density at radius 1 is 0.811 bits per heavy atom. The highest BCUT2D eigenvalue weighted by Crippen LogP contribution is 2.31. The zero-order valence-electron chi connectivity index (χ0n) is 22.3. The second-order valence-corrected chi connectivity index (χ2v) is 9.88. The Kier molecular flexibility index (Phi) is 7.45. The first kappa shape index (κ1) is 24.9. The monoisotopic (exact) mass is 492 g/mol. The Bertz CT molecular complexity index is 1490. The van der Waals surface area contributed by atoms with Crippen LogP contribution in [0.2, 0.25) is 0 Å². The minimum Gasteiger partial charge on any atom is -0.497 e. The molecule has 190 valence electrons. The third-order valence-electron chi connectivity index (χ3n) is 7.50. The largest absolute Gasteiger partial charge is 0.497 e.